The Morgan fingerprint density at radius 2 is 2.15 bits per heavy atom. The van der Waals surface area contributed by atoms with Crippen molar-refractivity contribution in [1.29, 1.82) is 0 Å². The van der Waals surface area contributed by atoms with Gasteiger partial charge in [0, 0.05) is 21.5 Å². The van der Waals surface area contributed by atoms with Gasteiger partial charge in [-0.25, -0.2) is 4.98 Å². The minimum absolute atomic E-state index is 0.387. The first-order chi connectivity index (χ1) is 12.6. The third-order valence-electron chi connectivity index (χ3n) is 4.70. The molecule has 26 heavy (non-hydrogen) atoms. The lowest BCUT2D eigenvalue weighted by Crippen LogP contribution is -2.88. The number of nitrogens with two attached hydrogens (primary N) is 2. The molecular formula is C19H20ClN4OS+. The molecule has 1 aliphatic heterocycles. The molecule has 0 bridgehead atoms. The van der Waals surface area contributed by atoms with Crippen molar-refractivity contribution in [2.24, 2.45) is 5.73 Å². The van der Waals surface area contributed by atoms with E-state index in [9.17, 15) is 4.79 Å². The number of pyridine rings is 1. The van der Waals surface area contributed by atoms with Gasteiger partial charge in [-0.15, -0.1) is 11.3 Å². The van der Waals surface area contributed by atoms with Crippen LogP contribution in [0.4, 0.5) is 5.82 Å². The van der Waals surface area contributed by atoms with E-state index in [-0.39, 0.29) is 0 Å². The summed E-state index contributed by atoms with van der Waals surface area (Å²) in [5, 5.41) is 7.52. The van der Waals surface area contributed by atoms with Crippen molar-refractivity contribution in [2.45, 2.75) is 18.9 Å². The van der Waals surface area contributed by atoms with Crippen LogP contribution in [0.2, 0.25) is 5.02 Å². The number of carbonyl (C=O) groups excluding carboxylic acids is 1. The van der Waals surface area contributed by atoms with Crippen molar-refractivity contribution in [2.75, 3.05) is 18.4 Å². The lowest BCUT2D eigenvalue weighted by atomic mass is 10.1. The molecule has 3 heterocycles. The Kier molecular flexibility index (Phi) is 4.80. The van der Waals surface area contributed by atoms with Crippen LogP contribution in [0.1, 0.15) is 23.2 Å². The van der Waals surface area contributed by atoms with Gasteiger partial charge >= 0.3 is 0 Å². The molecule has 0 radical (unpaired) electrons. The monoisotopic (exact) mass is 387 g/mol. The summed E-state index contributed by atoms with van der Waals surface area (Å²) >= 11 is 7.55. The lowest BCUT2D eigenvalue weighted by Gasteiger charge is -2.22. The molecule has 1 atom stereocenters. The number of halogens is 1. The standard InChI is InChI=1S/C19H19ClN4OS/c20-12-5-3-11(4-6-12)16-8-14-17(26-16)15(18(21)25)10-23-19(14)24-13-2-1-7-22-9-13/h3-6,8,10,13,22H,1-2,7,9H2,(H2,21,25)(H,23,24)/p+1/t13-/m0/s1. The molecule has 134 valence electrons. The average Bonchev–Trinajstić information content (AvgIpc) is 3.09. The summed E-state index contributed by atoms with van der Waals surface area (Å²) in [7, 11) is 0. The Labute approximate surface area is 160 Å². The second-order valence-electron chi connectivity index (χ2n) is 6.54. The number of piperidine rings is 1. The quantitative estimate of drug-likeness (QED) is 0.643. The van der Waals surface area contributed by atoms with Crippen LogP contribution in [0, 0.1) is 0 Å². The van der Waals surface area contributed by atoms with E-state index < -0.39 is 5.91 Å². The lowest BCUT2D eigenvalue weighted by molar-refractivity contribution is -0.663. The first kappa shape index (κ1) is 17.3. The minimum Gasteiger partial charge on any atom is -0.366 e. The predicted octanol–water partition coefficient (Wildman–Crippen LogP) is 2.85. The third-order valence-corrected chi connectivity index (χ3v) is 6.17. The fourth-order valence-electron chi connectivity index (χ4n) is 3.34. The fraction of sp³-hybridized carbons (Fsp3) is 0.263. The van der Waals surface area contributed by atoms with Crippen LogP contribution < -0.4 is 16.4 Å². The van der Waals surface area contributed by atoms with Gasteiger partial charge < -0.3 is 16.4 Å². The second kappa shape index (κ2) is 7.23. The van der Waals surface area contributed by atoms with Crippen LogP contribution in [0.25, 0.3) is 20.5 Å². The van der Waals surface area contributed by atoms with Gasteiger partial charge in [0.2, 0.25) is 0 Å². The van der Waals surface area contributed by atoms with E-state index in [1.54, 1.807) is 17.5 Å². The molecule has 1 aromatic carbocycles. The van der Waals surface area contributed by atoms with Crippen LogP contribution in [-0.2, 0) is 0 Å². The zero-order valence-electron chi connectivity index (χ0n) is 14.2. The first-order valence-corrected chi connectivity index (χ1v) is 9.88. The molecule has 0 spiro atoms. The van der Waals surface area contributed by atoms with E-state index in [0.717, 1.165) is 39.3 Å². The number of anilines is 1. The van der Waals surface area contributed by atoms with Crippen molar-refractivity contribution in [3.05, 3.63) is 47.1 Å². The number of carbonyl (C=O) groups is 1. The maximum Gasteiger partial charge on any atom is 0.251 e. The average molecular weight is 388 g/mol. The predicted molar refractivity (Wildman–Crippen MR) is 107 cm³/mol. The van der Waals surface area contributed by atoms with Crippen LogP contribution in [0.15, 0.2) is 36.5 Å². The zero-order valence-corrected chi connectivity index (χ0v) is 15.7. The second-order valence-corrected chi connectivity index (χ2v) is 8.03. The number of hydrogen-bond donors (Lipinski definition) is 3. The number of hydrogen-bond acceptors (Lipinski definition) is 4. The number of aromatic nitrogens is 1. The molecule has 0 saturated carbocycles. The van der Waals surface area contributed by atoms with Gasteiger partial charge in [0.25, 0.3) is 5.91 Å². The highest BCUT2D eigenvalue weighted by Gasteiger charge is 2.20. The molecule has 1 amide bonds. The Morgan fingerprint density at radius 3 is 2.85 bits per heavy atom. The topological polar surface area (TPSA) is 84.6 Å². The van der Waals surface area contributed by atoms with Gasteiger partial charge in [0.15, 0.2) is 0 Å². The number of rotatable bonds is 4. The van der Waals surface area contributed by atoms with E-state index in [0.29, 0.717) is 16.6 Å². The van der Waals surface area contributed by atoms with Crippen molar-refractivity contribution in [3.8, 4) is 10.4 Å². The summed E-state index contributed by atoms with van der Waals surface area (Å²) in [5.74, 6) is 0.367. The maximum atomic E-state index is 11.9. The summed E-state index contributed by atoms with van der Waals surface area (Å²) in [5.41, 5.74) is 7.09. The van der Waals surface area contributed by atoms with E-state index >= 15 is 0 Å². The summed E-state index contributed by atoms with van der Waals surface area (Å²) in [4.78, 5) is 17.4. The molecule has 5 nitrogen and oxygen atoms in total. The van der Waals surface area contributed by atoms with Crippen molar-refractivity contribution >= 4 is 44.7 Å². The molecule has 0 aliphatic carbocycles. The number of quaternary nitrogens is 1. The number of primary amides is 1. The van der Waals surface area contributed by atoms with Gasteiger partial charge in [-0.1, -0.05) is 23.7 Å². The molecular weight excluding hydrogens is 368 g/mol. The highest BCUT2D eigenvalue weighted by atomic mass is 35.5. The van der Waals surface area contributed by atoms with Crippen LogP contribution in [-0.4, -0.2) is 30.0 Å². The highest BCUT2D eigenvalue weighted by molar-refractivity contribution is 7.22. The molecule has 1 aliphatic rings. The number of fused-ring (bicyclic) bond motifs is 1. The van der Waals surface area contributed by atoms with Crippen molar-refractivity contribution in [3.63, 3.8) is 0 Å². The number of thiophene rings is 1. The fourth-order valence-corrected chi connectivity index (χ4v) is 4.65. The van der Waals surface area contributed by atoms with Crippen molar-refractivity contribution in [1.82, 2.24) is 4.98 Å². The molecule has 3 aromatic rings. The molecule has 4 rings (SSSR count). The molecule has 1 fully saturated rings. The summed E-state index contributed by atoms with van der Waals surface area (Å²) < 4.78 is 0.875. The number of nitrogens with zero attached hydrogens (tertiary/aromatic N) is 1. The van der Waals surface area contributed by atoms with E-state index in [1.807, 2.05) is 24.3 Å². The van der Waals surface area contributed by atoms with Crippen LogP contribution in [0.3, 0.4) is 0 Å². The first-order valence-electron chi connectivity index (χ1n) is 8.68. The highest BCUT2D eigenvalue weighted by Crippen LogP contribution is 2.38. The smallest absolute Gasteiger partial charge is 0.251 e. The van der Waals surface area contributed by atoms with Gasteiger partial charge in [-0.05, 0) is 36.6 Å². The van der Waals surface area contributed by atoms with Crippen LogP contribution >= 0.6 is 22.9 Å². The van der Waals surface area contributed by atoms with Crippen molar-refractivity contribution < 1.29 is 10.1 Å². The number of amides is 1. The SMILES string of the molecule is NC(=O)c1cnc(N[C@H]2CCC[NH2+]C2)c2cc(-c3ccc(Cl)cc3)sc12. The molecule has 1 saturated heterocycles. The van der Waals surface area contributed by atoms with E-state index in [1.165, 1.54) is 13.0 Å². The molecule has 0 unspecified atom stereocenters. The van der Waals surface area contributed by atoms with E-state index in [2.05, 4.69) is 21.7 Å². The zero-order chi connectivity index (χ0) is 18.1. The Bertz CT molecular complexity index is 948. The summed E-state index contributed by atoms with van der Waals surface area (Å²) in [6, 6.07) is 10.2. The number of benzene rings is 1. The summed E-state index contributed by atoms with van der Waals surface area (Å²) in [6.45, 7) is 2.22. The largest absolute Gasteiger partial charge is 0.366 e. The normalized spacial score (nSPS) is 17.3. The van der Waals surface area contributed by atoms with E-state index in [4.69, 9.17) is 17.3 Å². The van der Waals surface area contributed by atoms with Crippen LogP contribution in [0.5, 0.6) is 0 Å². The van der Waals surface area contributed by atoms with Gasteiger partial charge in [-0.3, -0.25) is 4.79 Å². The maximum absolute atomic E-state index is 11.9. The Morgan fingerprint density at radius 1 is 1.35 bits per heavy atom. The summed E-state index contributed by atoms with van der Waals surface area (Å²) in [6.07, 6.45) is 3.91. The molecule has 2 aromatic heterocycles. The molecule has 5 N–H and O–H groups in total. The number of nitrogens with one attached hydrogen (secondary N) is 1. The molecule has 7 heteroatoms. The third kappa shape index (κ3) is 3.40. The minimum atomic E-state index is -0.454. The Hall–Kier alpha value is -2.15. The van der Waals surface area contributed by atoms with Gasteiger partial charge in [0.05, 0.1) is 29.4 Å². The van der Waals surface area contributed by atoms with Gasteiger partial charge in [0.1, 0.15) is 5.82 Å². The van der Waals surface area contributed by atoms with Gasteiger partial charge in [-0.2, -0.15) is 0 Å². The Balaban J connectivity index is 1.78.